The zero-order chi connectivity index (χ0) is 12.7. The lowest BCUT2D eigenvalue weighted by molar-refractivity contribution is 0.305. The monoisotopic (exact) mass is 239 g/mol. The van der Waals surface area contributed by atoms with Gasteiger partial charge in [0.1, 0.15) is 12.2 Å². The Hall–Kier alpha value is -0.940. The molecule has 0 bridgehead atoms. The normalized spacial score (nSPS) is 11.6. The number of hydrogen-bond donors (Lipinski definition) is 1. The maximum absolute atomic E-state index is 4.33. The number of nitrogens with one attached hydrogen (secondary N) is 1. The number of nitrogens with zero attached hydrogens (tertiary/aromatic N) is 4. The van der Waals surface area contributed by atoms with Crippen LogP contribution >= 0.6 is 0 Å². The van der Waals surface area contributed by atoms with Gasteiger partial charge in [-0.25, -0.2) is 9.67 Å². The van der Waals surface area contributed by atoms with Crippen LogP contribution in [0, 0.1) is 5.92 Å². The highest BCUT2D eigenvalue weighted by Gasteiger charge is 2.08. The molecule has 0 radical (unpaired) electrons. The Kier molecular flexibility index (Phi) is 6.15. The molecule has 17 heavy (non-hydrogen) atoms. The maximum atomic E-state index is 4.33. The SMILES string of the molecule is CCNCCN(C)Cc1ncnn1CC(C)C. The van der Waals surface area contributed by atoms with Gasteiger partial charge in [-0.15, -0.1) is 0 Å². The molecule has 0 unspecified atom stereocenters. The summed E-state index contributed by atoms with van der Waals surface area (Å²) in [5, 5.41) is 7.59. The molecule has 0 saturated heterocycles. The van der Waals surface area contributed by atoms with Crippen molar-refractivity contribution in [2.24, 2.45) is 5.92 Å². The van der Waals surface area contributed by atoms with E-state index in [0.29, 0.717) is 5.92 Å². The largest absolute Gasteiger partial charge is 0.316 e. The fourth-order valence-corrected chi connectivity index (χ4v) is 1.68. The number of likely N-dealkylation sites (N-methyl/N-ethyl adjacent to an activating group) is 2. The summed E-state index contributed by atoms with van der Waals surface area (Å²) in [6.07, 6.45) is 1.65. The minimum Gasteiger partial charge on any atom is -0.316 e. The summed E-state index contributed by atoms with van der Waals surface area (Å²) in [5.41, 5.74) is 0. The second-order valence-corrected chi connectivity index (χ2v) is 4.84. The highest BCUT2D eigenvalue weighted by atomic mass is 15.3. The van der Waals surface area contributed by atoms with E-state index in [-0.39, 0.29) is 0 Å². The van der Waals surface area contributed by atoms with Gasteiger partial charge in [0.15, 0.2) is 0 Å². The Balaban J connectivity index is 2.41. The van der Waals surface area contributed by atoms with Crippen molar-refractivity contribution in [3.05, 3.63) is 12.2 Å². The van der Waals surface area contributed by atoms with E-state index in [1.165, 1.54) is 0 Å². The van der Waals surface area contributed by atoms with E-state index in [0.717, 1.165) is 38.5 Å². The summed E-state index contributed by atoms with van der Waals surface area (Å²) in [7, 11) is 2.12. The van der Waals surface area contributed by atoms with E-state index in [1.807, 2.05) is 4.68 Å². The third-order valence-electron chi connectivity index (χ3n) is 2.57. The van der Waals surface area contributed by atoms with Crippen LogP contribution in [0.3, 0.4) is 0 Å². The van der Waals surface area contributed by atoms with Crippen molar-refractivity contribution in [3.63, 3.8) is 0 Å². The molecule has 0 spiro atoms. The van der Waals surface area contributed by atoms with Crippen molar-refractivity contribution in [1.82, 2.24) is 25.0 Å². The van der Waals surface area contributed by atoms with Gasteiger partial charge in [0.05, 0.1) is 6.54 Å². The van der Waals surface area contributed by atoms with Gasteiger partial charge in [0.25, 0.3) is 0 Å². The van der Waals surface area contributed by atoms with Crippen molar-refractivity contribution in [3.8, 4) is 0 Å². The molecular weight excluding hydrogens is 214 g/mol. The first-order valence-electron chi connectivity index (χ1n) is 6.39. The Morgan fingerprint density at radius 2 is 2.24 bits per heavy atom. The summed E-state index contributed by atoms with van der Waals surface area (Å²) in [6, 6.07) is 0. The predicted molar refractivity (Wildman–Crippen MR) is 69.7 cm³/mol. The second-order valence-electron chi connectivity index (χ2n) is 4.84. The first-order valence-corrected chi connectivity index (χ1v) is 6.39. The average Bonchev–Trinajstić information content (AvgIpc) is 2.65. The summed E-state index contributed by atoms with van der Waals surface area (Å²) in [6.45, 7) is 11.4. The number of aromatic nitrogens is 3. The molecule has 5 heteroatoms. The van der Waals surface area contributed by atoms with E-state index in [9.17, 15) is 0 Å². The highest BCUT2D eigenvalue weighted by Crippen LogP contribution is 2.03. The first kappa shape index (κ1) is 14.1. The van der Waals surface area contributed by atoms with Crippen LogP contribution in [0.25, 0.3) is 0 Å². The zero-order valence-electron chi connectivity index (χ0n) is 11.5. The minimum atomic E-state index is 0.600. The molecule has 0 aliphatic heterocycles. The molecule has 0 saturated carbocycles. The van der Waals surface area contributed by atoms with E-state index >= 15 is 0 Å². The summed E-state index contributed by atoms with van der Waals surface area (Å²) in [5.74, 6) is 1.65. The molecule has 0 amide bonds. The molecule has 1 heterocycles. The van der Waals surface area contributed by atoms with Crippen LogP contribution in [0.15, 0.2) is 6.33 Å². The van der Waals surface area contributed by atoms with Crippen LogP contribution in [0.2, 0.25) is 0 Å². The highest BCUT2D eigenvalue weighted by molar-refractivity contribution is 4.84. The van der Waals surface area contributed by atoms with Crippen LogP contribution in [-0.4, -0.2) is 46.3 Å². The lowest BCUT2D eigenvalue weighted by Crippen LogP contribution is -2.30. The third-order valence-corrected chi connectivity index (χ3v) is 2.57. The lowest BCUT2D eigenvalue weighted by atomic mass is 10.2. The van der Waals surface area contributed by atoms with Gasteiger partial charge in [0.2, 0.25) is 0 Å². The van der Waals surface area contributed by atoms with Crippen LogP contribution in [0.4, 0.5) is 0 Å². The van der Waals surface area contributed by atoms with E-state index in [4.69, 9.17) is 0 Å². The molecule has 0 aliphatic carbocycles. The van der Waals surface area contributed by atoms with Gasteiger partial charge in [-0.2, -0.15) is 5.10 Å². The van der Waals surface area contributed by atoms with Crippen molar-refractivity contribution in [2.45, 2.75) is 33.9 Å². The second kappa shape index (κ2) is 7.40. The number of hydrogen-bond acceptors (Lipinski definition) is 4. The van der Waals surface area contributed by atoms with Gasteiger partial charge in [0, 0.05) is 19.6 Å². The Labute approximate surface area is 104 Å². The maximum Gasteiger partial charge on any atom is 0.141 e. The molecule has 0 aromatic carbocycles. The molecule has 0 fully saturated rings. The third kappa shape index (κ3) is 5.28. The zero-order valence-corrected chi connectivity index (χ0v) is 11.5. The smallest absolute Gasteiger partial charge is 0.141 e. The molecular formula is C12H25N5. The summed E-state index contributed by atoms with van der Waals surface area (Å²) in [4.78, 5) is 6.59. The minimum absolute atomic E-state index is 0.600. The van der Waals surface area contributed by atoms with Gasteiger partial charge < -0.3 is 5.32 Å². The molecule has 1 N–H and O–H groups in total. The quantitative estimate of drug-likeness (QED) is 0.687. The van der Waals surface area contributed by atoms with Crippen molar-refractivity contribution in [1.29, 1.82) is 0 Å². The summed E-state index contributed by atoms with van der Waals surface area (Å²) < 4.78 is 2.01. The Bertz CT molecular complexity index is 308. The van der Waals surface area contributed by atoms with Gasteiger partial charge in [-0.3, -0.25) is 4.90 Å². The van der Waals surface area contributed by atoms with Gasteiger partial charge in [-0.1, -0.05) is 20.8 Å². The van der Waals surface area contributed by atoms with Crippen LogP contribution in [0.5, 0.6) is 0 Å². The number of rotatable bonds is 8. The molecule has 1 aromatic heterocycles. The summed E-state index contributed by atoms with van der Waals surface area (Å²) >= 11 is 0. The molecule has 0 aliphatic rings. The van der Waals surface area contributed by atoms with Crippen LogP contribution in [0.1, 0.15) is 26.6 Å². The average molecular weight is 239 g/mol. The Morgan fingerprint density at radius 3 is 2.88 bits per heavy atom. The van der Waals surface area contributed by atoms with Crippen molar-refractivity contribution >= 4 is 0 Å². The van der Waals surface area contributed by atoms with E-state index in [1.54, 1.807) is 6.33 Å². The standard InChI is InChI=1S/C12H25N5/c1-5-13-6-7-16(4)9-12-14-10-15-17(12)8-11(2)3/h10-11,13H,5-9H2,1-4H3. The van der Waals surface area contributed by atoms with E-state index in [2.05, 4.69) is 48.1 Å². The Morgan fingerprint density at radius 1 is 1.47 bits per heavy atom. The molecule has 1 rings (SSSR count). The molecule has 0 atom stereocenters. The van der Waals surface area contributed by atoms with Gasteiger partial charge >= 0.3 is 0 Å². The van der Waals surface area contributed by atoms with Crippen LogP contribution in [-0.2, 0) is 13.1 Å². The molecule has 1 aromatic rings. The molecule has 98 valence electrons. The lowest BCUT2D eigenvalue weighted by Gasteiger charge is -2.17. The fraction of sp³-hybridized carbons (Fsp3) is 0.833. The van der Waals surface area contributed by atoms with Crippen LogP contribution < -0.4 is 5.32 Å². The first-order chi connectivity index (χ1) is 8.13. The fourth-order valence-electron chi connectivity index (χ4n) is 1.68. The topological polar surface area (TPSA) is 46.0 Å². The molecule has 5 nitrogen and oxygen atoms in total. The van der Waals surface area contributed by atoms with E-state index < -0.39 is 0 Å². The predicted octanol–water partition coefficient (Wildman–Crippen LogP) is 0.975. The van der Waals surface area contributed by atoms with Crippen molar-refractivity contribution in [2.75, 3.05) is 26.7 Å². The van der Waals surface area contributed by atoms with Crippen molar-refractivity contribution < 1.29 is 0 Å². The van der Waals surface area contributed by atoms with Gasteiger partial charge in [-0.05, 0) is 19.5 Å².